The molecule has 2 atom stereocenters. The number of nitrogens with one attached hydrogen (secondary N) is 1. The molecule has 0 aliphatic carbocycles. The molecule has 0 aromatic carbocycles. The number of rotatable bonds is 5. The highest BCUT2D eigenvalue weighted by molar-refractivity contribution is 8.00. The van der Waals surface area contributed by atoms with Gasteiger partial charge in [0.1, 0.15) is 0 Å². The van der Waals surface area contributed by atoms with Gasteiger partial charge < -0.3 is 0 Å². The Morgan fingerprint density at radius 1 is 1.38 bits per heavy atom. The average Bonchev–Trinajstić information content (AvgIpc) is 2.24. The molecule has 2 unspecified atom stereocenters. The van der Waals surface area contributed by atoms with Crippen LogP contribution in [0.3, 0.4) is 0 Å². The molecule has 96 valence electrons. The van der Waals surface area contributed by atoms with Crippen LogP contribution >= 0.6 is 11.8 Å². The summed E-state index contributed by atoms with van der Waals surface area (Å²) < 4.78 is 36.0. The Balaban J connectivity index is 2.25. The molecule has 6 heteroatoms. The van der Waals surface area contributed by atoms with Crippen LogP contribution in [0.2, 0.25) is 0 Å². The average molecular weight is 256 g/mol. The zero-order chi connectivity index (χ0) is 12.0. The number of nitrogens with two attached hydrogens (primary N) is 1. The molecule has 1 rings (SSSR count). The molecule has 0 aromatic rings. The summed E-state index contributed by atoms with van der Waals surface area (Å²) in [4.78, 5) is 0. The minimum Gasteiger partial charge on any atom is -0.271 e. The highest BCUT2D eigenvalue weighted by Crippen LogP contribution is 2.30. The fraction of sp³-hybridized carbons (Fsp3) is 1.00. The highest BCUT2D eigenvalue weighted by Gasteiger charge is 2.28. The zero-order valence-corrected chi connectivity index (χ0v) is 10.0. The van der Waals surface area contributed by atoms with Crippen molar-refractivity contribution in [2.24, 2.45) is 5.84 Å². The number of halogens is 3. The van der Waals surface area contributed by atoms with Crippen LogP contribution in [-0.4, -0.2) is 23.2 Å². The van der Waals surface area contributed by atoms with Crippen LogP contribution in [0.25, 0.3) is 0 Å². The normalized spacial score (nSPS) is 24.4. The Morgan fingerprint density at radius 3 is 2.62 bits per heavy atom. The fourth-order valence-electron chi connectivity index (χ4n) is 1.98. The van der Waals surface area contributed by atoms with Crippen molar-refractivity contribution in [2.75, 3.05) is 5.75 Å². The monoisotopic (exact) mass is 256 g/mol. The predicted octanol–water partition coefficient (Wildman–Crippen LogP) is 2.84. The van der Waals surface area contributed by atoms with Crippen molar-refractivity contribution in [1.82, 2.24) is 5.43 Å². The van der Waals surface area contributed by atoms with Crippen molar-refractivity contribution in [2.45, 2.75) is 56.0 Å². The lowest BCUT2D eigenvalue weighted by atomic mass is 10.0. The van der Waals surface area contributed by atoms with E-state index in [1.165, 1.54) is 6.42 Å². The van der Waals surface area contributed by atoms with Crippen molar-refractivity contribution < 1.29 is 13.2 Å². The summed E-state index contributed by atoms with van der Waals surface area (Å²) >= 11 is 1.83. The third kappa shape index (κ3) is 5.41. The molecule has 0 aromatic heterocycles. The van der Waals surface area contributed by atoms with Crippen LogP contribution in [0, 0.1) is 0 Å². The Morgan fingerprint density at radius 2 is 2.12 bits per heavy atom. The molecule has 1 fully saturated rings. The predicted molar refractivity (Wildman–Crippen MR) is 61.1 cm³/mol. The standard InChI is InChI=1S/C10H19F3N2S/c11-10(12,13)6-3-4-8(15-14)9-5-1-2-7-16-9/h8-9,15H,1-7,14H2. The number of alkyl halides is 3. The topological polar surface area (TPSA) is 38.0 Å². The molecular weight excluding hydrogens is 237 g/mol. The smallest absolute Gasteiger partial charge is 0.271 e. The van der Waals surface area contributed by atoms with Gasteiger partial charge in [0.25, 0.3) is 0 Å². The second kappa shape index (κ2) is 6.71. The molecule has 3 N–H and O–H groups in total. The van der Waals surface area contributed by atoms with Crippen LogP contribution in [0.4, 0.5) is 13.2 Å². The summed E-state index contributed by atoms with van der Waals surface area (Å²) in [6, 6.07) is 0.0210. The Labute approximate surface area is 98.5 Å². The molecule has 0 amide bonds. The highest BCUT2D eigenvalue weighted by atomic mass is 32.2. The number of hydrogen-bond acceptors (Lipinski definition) is 3. The lowest BCUT2D eigenvalue weighted by Crippen LogP contribution is -2.43. The Bertz CT molecular complexity index is 193. The first kappa shape index (κ1) is 14.1. The largest absolute Gasteiger partial charge is 0.389 e. The van der Waals surface area contributed by atoms with E-state index in [0.717, 1.165) is 18.6 Å². The summed E-state index contributed by atoms with van der Waals surface area (Å²) in [6.07, 6.45) is -0.647. The molecule has 1 aliphatic rings. The lowest BCUT2D eigenvalue weighted by molar-refractivity contribution is -0.135. The molecule has 0 saturated carbocycles. The molecule has 2 nitrogen and oxygen atoms in total. The van der Waals surface area contributed by atoms with Gasteiger partial charge in [0.2, 0.25) is 0 Å². The van der Waals surface area contributed by atoms with E-state index < -0.39 is 12.6 Å². The SMILES string of the molecule is NNC(CCCC(F)(F)F)C1CCCCS1. The van der Waals surface area contributed by atoms with Crippen molar-refractivity contribution in [3.8, 4) is 0 Å². The molecular formula is C10H19F3N2S. The van der Waals surface area contributed by atoms with E-state index in [2.05, 4.69) is 5.43 Å². The van der Waals surface area contributed by atoms with Gasteiger partial charge in [-0.05, 0) is 31.4 Å². The van der Waals surface area contributed by atoms with Gasteiger partial charge in [0.15, 0.2) is 0 Å². The maximum absolute atomic E-state index is 12.0. The molecule has 0 radical (unpaired) electrons. The second-order valence-electron chi connectivity index (χ2n) is 4.19. The van der Waals surface area contributed by atoms with E-state index in [-0.39, 0.29) is 12.5 Å². The quantitative estimate of drug-likeness (QED) is 0.587. The van der Waals surface area contributed by atoms with Crippen LogP contribution in [0.5, 0.6) is 0 Å². The van der Waals surface area contributed by atoms with E-state index in [1.54, 1.807) is 0 Å². The first-order valence-corrected chi connectivity index (χ1v) is 6.72. The van der Waals surface area contributed by atoms with E-state index in [4.69, 9.17) is 5.84 Å². The lowest BCUT2D eigenvalue weighted by Gasteiger charge is -2.29. The summed E-state index contributed by atoms with van der Waals surface area (Å²) in [6.45, 7) is 0. The van der Waals surface area contributed by atoms with Crippen LogP contribution < -0.4 is 11.3 Å². The van der Waals surface area contributed by atoms with Gasteiger partial charge in [-0.15, -0.1) is 0 Å². The minimum absolute atomic E-state index is 0.0210. The van der Waals surface area contributed by atoms with Gasteiger partial charge in [-0.3, -0.25) is 11.3 Å². The molecule has 0 bridgehead atoms. The van der Waals surface area contributed by atoms with Gasteiger partial charge in [0.05, 0.1) is 0 Å². The summed E-state index contributed by atoms with van der Waals surface area (Å²) in [5.74, 6) is 6.51. The zero-order valence-electron chi connectivity index (χ0n) is 9.22. The number of thioether (sulfide) groups is 1. The summed E-state index contributed by atoms with van der Waals surface area (Å²) in [5.41, 5.74) is 2.67. The van der Waals surface area contributed by atoms with Crippen LogP contribution in [0.1, 0.15) is 38.5 Å². The van der Waals surface area contributed by atoms with Crippen LogP contribution in [-0.2, 0) is 0 Å². The summed E-state index contributed by atoms with van der Waals surface area (Å²) in [7, 11) is 0. The Hall–Kier alpha value is 0.0600. The molecule has 1 saturated heterocycles. The number of hydrogen-bond donors (Lipinski definition) is 2. The second-order valence-corrected chi connectivity index (χ2v) is 5.53. The van der Waals surface area contributed by atoms with Gasteiger partial charge in [-0.2, -0.15) is 24.9 Å². The molecule has 1 aliphatic heterocycles. The van der Waals surface area contributed by atoms with Crippen molar-refractivity contribution in [1.29, 1.82) is 0 Å². The Kier molecular flexibility index (Phi) is 5.92. The van der Waals surface area contributed by atoms with Gasteiger partial charge in [0, 0.05) is 17.7 Å². The van der Waals surface area contributed by atoms with Crippen molar-refractivity contribution in [3.63, 3.8) is 0 Å². The van der Waals surface area contributed by atoms with Crippen LogP contribution in [0.15, 0.2) is 0 Å². The van der Waals surface area contributed by atoms with E-state index in [9.17, 15) is 13.2 Å². The van der Waals surface area contributed by atoms with Gasteiger partial charge >= 0.3 is 6.18 Å². The minimum atomic E-state index is -4.04. The molecule has 1 heterocycles. The molecule has 0 spiro atoms. The van der Waals surface area contributed by atoms with E-state index in [1.807, 2.05) is 11.8 Å². The fourth-order valence-corrected chi connectivity index (χ4v) is 3.44. The van der Waals surface area contributed by atoms with Crippen molar-refractivity contribution in [3.05, 3.63) is 0 Å². The number of hydrazine groups is 1. The third-order valence-electron chi connectivity index (χ3n) is 2.85. The van der Waals surface area contributed by atoms with E-state index in [0.29, 0.717) is 11.7 Å². The molecule has 16 heavy (non-hydrogen) atoms. The van der Waals surface area contributed by atoms with Gasteiger partial charge in [-0.1, -0.05) is 6.42 Å². The summed E-state index contributed by atoms with van der Waals surface area (Å²) in [5, 5.41) is 0.381. The first-order valence-electron chi connectivity index (χ1n) is 5.67. The van der Waals surface area contributed by atoms with Crippen molar-refractivity contribution >= 4 is 11.8 Å². The third-order valence-corrected chi connectivity index (χ3v) is 4.37. The maximum atomic E-state index is 12.0. The van der Waals surface area contributed by atoms with E-state index >= 15 is 0 Å². The maximum Gasteiger partial charge on any atom is 0.389 e. The van der Waals surface area contributed by atoms with Gasteiger partial charge in [-0.25, -0.2) is 0 Å². The first-order chi connectivity index (χ1) is 7.53.